The molecule has 0 saturated heterocycles. The lowest BCUT2D eigenvalue weighted by atomic mass is 9.95. The van der Waals surface area contributed by atoms with Crippen molar-refractivity contribution in [1.82, 2.24) is 5.32 Å². The number of furan rings is 1. The fourth-order valence-electron chi connectivity index (χ4n) is 1.94. The zero-order valence-electron chi connectivity index (χ0n) is 11.3. The van der Waals surface area contributed by atoms with Crippen LogP contribution in [0.2, 0.25) is 0 Å². The Kier molecular flexibility index (Phi) is 4.05. The predicted molar refractivity (Wildman–Crippen MR) is 75.0 cm³/mol. The Morgan fingerprint density at radius 1 is 1.16 bits per heavy atom. The van der Waals surface area contributed by atoms with Gasteiger partial charge in [-0.2, -0.15) is 0 Å². The number of aryl methyl sites for hydroxylation is 1. The first-order valence-electron chi connectivity index (χ1n) is 6.47. The molecule has 0 aliphatic rings. The second kappa shape index (κ2) is 5.74. The number of hydrogen-bond acceptors (Lipinski definition) is 2. The fourth-order valence-corrected chi connectivity index (χ4v) is 1.94. The zero-order chi connectivity index (χ0) is 13.7. The second-order valence-corrected chi connectivity index (χ2v) is 5.30. The van der Waals surface area contributed by atoms with Gasteiger partial charge in [0.05, 0.1) is 6.26 Å². The maximum absolute atomic E-state index is 11.9. The van der Waals surface area contributed by atoms with E-state index in [0.29, 0.717) is 5.76 Å². The molecule has 2 aromatic rings. The first-order chi connectivity index (χ1) is 9.07. The molecule has 0 saturated carbocycles. The molecule has 0 radical (unpaired) electrons. The SMILES string of the molecule is CC(C)(CCc1ccccc1)NC(=O)c1ccco1. The van der Waals surface area contributed by atoms with Gasteiger partial charge < -0.3 is 9.73 Å². The number of amides is 1. The van der Waals surface area contributed by atoms with Gasteiger partial charge in [-0.1, -0.05) is 30.3 Å². The van der Waals surface area contributed by atoms with Gasteiger partial charge >= 0.3 is 0 Å². The van der Waals surface area contributed by atoms with E-state index in [1.54, 1.807) is 12.1 Å². The summed E-state index contributed by atoms with van der Waals surface area (Å²) in [7, 11) is 0. The molecule has 2 rings (SSSR count). The van der Waals surface area contributed by atoms with E-state index < -0.39 is 0 Å². The van der Waals surface area contributed by atoms with Crippen LogP contribution >= 0.6 is 0 Å². The molecule has 0 aliphatic carbocycles. The van der Waals surface area contributed by atoms with Crippen LogP contribution in [0.4, 0.5) is 0 Å². The van der Waals surface area contributed by atoms with Crippen molar-refractivity contribution >= 4 is 5.91 Å². The molecule has 1 aromatic heterocycles. The standard InChI is InChI=1S/C16H19NO2/c1-16(2,11-10-13-7-4-3-5-8-13)17-15(18)14-9-6-12-19-14/h3-9,12H,10-11H2,1-2H3,(H,17,18). The van der Waals surface area contributed by atoms with Gasteiger partial charge in [-0.15, -0.1) is 0 Å². The van der Waals surface area contributed by atoms with E-state index in [4.69, 9.17) is 4.42 Å². The third kappa shape index (κ3) is 3.98. The van der Waals surface area contributed by atoms with Gasteiger partial charge in [0.1, 0.15) is 0 Å². The summed E-state index contributed by atoms with van der Waals surface area (Å²) in [5, 5.41) is 3.00. The molecule has 0 unspecified atom stereocenters. The van der Waals surface area contributed by atoms with Gasteiger partial charge in [0.25, 0.3) is 5.91 Å². The molecule has 0 fully saturated rings. The van der Waals surface area contributed by atoms with Crippen molar-refractivity contribution in [3.05, 3.63) is 60.1 Å². The smallest absolute Gasteiger partial charge is 0.287 e. The summed E-state index contributed by atoms with van der Waals surface area (Å²) in [5.74, 6) is 0.191. The summed E-state index contributed by atoms with van der Waals surface area (Å²) in [5.41, 5.74) is 1.02. The summed E-state index contributed by atoms with van der Waals surface area (Å²) < 4.78 is 5.09. The van der Waals surface area contributed by atoms with E-state index in [9.17, 15) is 4.79 Å². The minimum atomic E-state index is -0.264. The minimum absolute atomic E-state index is 0.164. The molecule has 0 atom stereocenters. The van der Waals surface area contributed by atoms with E-state index in [2.05, 4.69) is 17.4 Å². The molecule has 100 valence electrons. The van der Waals surface area contributed by atoms with Gasteiger partial charge in [-0.25, -0.2) is 0 Å². The van der Waals surface area contributed by atoms with E-state index in [-0.39, 0.29) is 11.4 Å². The van der Waals surface area contributed by atoms with Crippen molar-refractivity contribution < 1.29 is 9.21 Å². The average molecular weight is 257 g/mol. The monoisotopic (exact) mass is 257 g/mol. The highest BCUT2D eigenvalue weighted by Crippen LogP contribution is 2.14. The zero-order valence-corrected chi connectivity index (χ0v) is 11.3. The summed E-state index contributed by atoms with van der Waals surface area (Å²) in [6.07, 6.45) is 3.32. The molecule has 1 aromatic carbocycles. The second-order valence-electron chi connectivity index (χ2n) is 5.30. The molecule has 1 amide bonds. The fraction of sp³-hybridized carbons (Fsp3) is 0.312. The highest BCUT2D eigenvalue weighted by atomic mass is 16.3. The summed E-state index contributed by atoms with van der Waals surface area (Å²) >= 11 is 0. The molecule has 3 nitrogen and oxygen atoms in total. The maximum atomic E-state index is 11.9. The van der Waals surface area contributed by atoms with E-state index in [0.717, 1.165) is 12.8 Å². The Bertz CT molecular complexity index is 515. The van der Waals surface area contributed by atoms with Crippen LogP contribution in [0.15, 0.2) is 53.1 Å². The molecule has 0 bridgehead atoms. The van der Waals surface area contributed by atoms with Gasteiger partial charge in [0, 0.05) is 5.54 Å². The number of nitrogens with one attached hydrogen (secondary N) is 1. The Morgan fingerprint density at radius 2 is 1.89 bits per heavy atom. The van der Waals surface area contributed by atoms with Gasteiger partial charge in [0.15, 0.2) is 5.76 Å². The number of benzene rings is 1. The molecule has 0 aliphatic heterocycles. The number of rotatable bonds is 5. The lowest BCUT2D eigenvalue weighted by Crippen LogP contribution is -2.43. The Hall–Kier alpha value is -2.03. The predicted octanol–water partition coefficient (Wildman–Crippen LogP) is 3.42. The third-order valence-corrected chi connectivity index (χ3v) is 3.08. The highest BCUT2D eigenvalue weighted by Gasteiger charge is 2.22. The Labute approximate surface area is 113 Å². The first kappa shape index (κ1) is 13.4. The van der Waals surface area contributed by atoms with Crippen LogP contribution in [0.5, 0.6) is 0 Å². The van der Waals surface area contributed by atoms with Crippen molar-refractivity contribution in [1.29, 1.82) is 0 Å². The number of carbonyl (C=O) groups is 1. The molecule has 1 heterocycles. The summed E-state index contributed by atoms with van der Waals surface area (Å²) in [6.45, 7) is 4.05. The quantitative estimate of drug-likeness (QED) is 0.891. The molecular formula is C16H19NO2. The van der Waals surface area contributed by atoms with Crippen LogP contribution < -0.4 is 5.32 Å². The summed E-state index contributed by atoms with van der Waals surface area (Å²) in [6, 6.07) is 13.7. The molecule has 19 heavy (non-hydrogen) atoms. The third-order valence-electron chi connectivity index (χ3n) is 3.08. The Morgan fingerprint density at radius 3 is 2.53 bits per heavy atom. The van der Waals surface area contributed by atoms with Gasteiger partial charge in [-0.05, 0) is 44.4 Å². The molecular weight excluding hydrogens is 238 g/mol. The molecule has 0 spiro atoms. The van der Waals surface area contributed by atoms with Gasteiger partial charge in [0.2, 0.25) is 0 Å². The average Bonchev–Trinajstić information content (AvgIpc) is 2.91. The normalized spacial score (nSPS) is 11.3. The van der Waals surface area contributed by atoms with Crippen molar-refractivity contribution in [2.24, 2.45) is 0 Å². The van der Waals surface area contributed by atoms with Gasteiger partial charge in [-0.3, -0.25) is 4.79 Å². The van der Waals surface area contributed by atoms with Crippen molar-refractivity contribution in [2.45, 2.75) is 32.2 Å². The molecule has 1 N–H and O–H groups in total. The topological polar surface area (TPSA) is 42.2 Å². The largest absolute Gasteiger partial charge is 0.459 e. The lowest BCUT2D eigenvalue weighted by Gasteiger charge is -2.25. The Balaban J connectivity index is 1.90. The number of hydrogen-bond donors (Lipinski definition) is 1. The van der Waals surface area contributed by atoms with E-state index in [1.165, 1.54) is 11.8 Å². The van der Waals surface area contributed by atoms with Crippen molar-refractivity contribution in [3.8, 4) is 0 Å². The first-order valence-corrected chi connectivity index (χ1v) is 6.47. The van der Waals surface area contributed by atoms with Crippen LogP contribution in [0.1, 0.15) is 36.4 Å². The van der Waals surface area contributed by atoms with Crippen LogP contribution in [-0.4, -0.2) is 11.4 Å². The minimum Gasteiger partial charge on any atom is -0.459 e. The number of carbonyl (C=O) groups excluding carboxylic acids is 1. The van der Waals surface area contributed by atoms with Crippen LogP contribution in [0.25, 0.3) is 0 Å². The van der Waals surface area contributed by atoms with Crippen molar-refractivity contribution in [3.63, 3.8) is 0 Å². The lowest BCUT2D eigenvalue weighted by molar-refractivity contribution is 0.0881. The summed E-state index contributed by atoms with van der Waals surface area (Å²) in [4.78, 5) is 11.9. The van der Waals surface area contributed by atoms with Crippen LogP contribution in [0, 0.1) is 0 Å². The van der Waals surface area contributed by atoms with E-state index >= 15 is 0 Å². The highest BCUT2D eigenvalue weighted by molar-refractivity contribution is 5.91. The van der Waals surface area contributed by atoms with E-state index in [1.807, 2.05) is 32.0 Å². The maximum Gasteiger partial charge on any atom is 0.287 e. The molecule has 3 heteroatoms. The van der Waals surface area contributed by atoms with Crippen molar-refractivity contribution in [2.75, 3.05) is 0 Å². The van der Waals surface area contributed by atoms with Crippen LogP contribution in [-0.2, 0) is 6.42 Å². The van der Waals surface area contributed by atoms with Crippen LogP contribution in [0.3, 0.4) is 0 Å².